The highest BCUT2D eigenvalue weighted by atomic mass is 79.9. The smallest absolute Gasteiger partial charge is 0.164 e. The van der Waals surface area contributed by atoms with E-state index in [1.54, 1.807) is 12.1 Å². The van der Waals surface area contributed by atoms with Gasteiger partial charge in [-0.1, -0.05) is 31.5 Å². The zero-order valence-corrected chi connectivity index (χ0v) is 13.5. The average molecular weight is 359 g/mol. The lowest BCUT2D eigenvalue weighted by molar-refractivity contribution is 0.625. The van der Waals surface area contributed by atoms with Crippen molar-refractivity contribution < 1.29 is 4.39 Å². The van der Waals surface area contributed by atoms with Crippen LogP contribution in [0.1, 0.15) is 19.5 Å². The summed E-state index contributed by atoms with van der Waals surface area (Å²) in [7, 11) is 0. The van der Waals surface area contributed by atoms with Gasteiger partial charge in [0.2, 0.25) is 0 Å². The summed E-state index contributed by atoms with van der Waals surface area (Å²) in [5, 5.41) is 0.0398. The van der Waals surface area contributed by atoms with E-state index in [2.05, 4.69) is 39.7 Å². The van der Waals surface area contributed by atoms with Gasteiger partial charge in [0.1, 0.15) is 5.82 Å². The van der Waals surface area contributed by atoms with Crippen LogP contribution >= 0.6 is 27.5 Å². The standard InChI is InChI=1S/C14H14BrClFN3/c1-7(2)6-10-11(15)13(18)20-14(19-10)8-4-3-5-9(16)12(8)17/h3-5,7H,6H2,1-2H3,(H2,18,19,20). The molecule has 6 heteroatoms. The molecule has 106 valence electrons. The van der Waals surface area contributed by atoms with Crippen molar-refractivity contribution in [3.8, 4) is 11.4 Å². The van der Waals surface area contributed by atoms with Crippen LogP contribution in [0.4, 0.5) is 10.2 Å². The molecule has 0 unspecified atom stereocenters. The molecule has 0 aliphatic heterocycles. The summed E-state index contributed by atoms with van der Waals surface area (Å²) >= 11 is 9.17. The first-order valence-corrected chi connectivity index (χ1v) is 7.33. The van der Waals surface area contributed by atoms with Gasteiger partial charge in [-0.3, -0.25) is 0 Å². The average Bonchev–Trinajstić information content (AvgIpc) is 2.37. The highest BCUT2D eigenvalue weighted by molar-refractivity contribution is 9.10. The van der Waals surface area contributed by atoms with Gasteiger partial charge in [0.15, 0.2) is 11.6 Å². The normalized spacial score (nSPS) is 11.1. The largest absolute Gasteiger partial charge is 0.383 e. The van der Waals surface area contributed by atoms with E-state index in [9.17, 15) is 4.39 Å². The van der Waals surface area contributed by atoms with Crippen molar-refractivity contribution in [3.63, 3.8) is 0 Å². The Bertz CT molecular complexity index is 647. The molecule has 0 fully saturated rings. The van der Waals surface area contributed by atoms with Gasteiger partial charge >= 0.3 is 0 Å². The molecular weight excluding hydrogens is 345 g/mol. The van der Waals surface area contributed by atoms with E-state index in [0.717, 1.165) is 12.1 Å². The molecule has 3 nitrogen and oxygen atoms in total. The first kappa shape index (κ1) is 15.2. The highest BCUT2D eigenvalue weighted by Crippen LogP contribution is 2.30. The lowest BCUT2D eigenvalue weighted by atomic mass is 10.1. The second kappa shape index (κ2) is 6.06. The molecule has 0 saturated heterocycles. The SMILES string of the molecule is CC(C)Cc1nc(-c2cccc(Cl)c2F)nc(N)c1Br. The summed E-state index contributed by atoms with van der Waals surface area (Å²) in [4.78, 5) is 8.54. The number of nitrogens with zero attached hydrogens (tertiary/aromatic N) is 2. The first-order valence-electron chi connectivity index (χ1n) is 6.16. The van der Waals surface area contributed by atoms with Crippen LogP contribution in [-0.4, -0.2) is 9.97 Å². The minimum atomic E-state index is -0.536. The van der Waals surface area contributed by atoms with Gasteiger partial charge in [-0.2, -0.15) is 0 Å². The molecule has 0 radical (unpaired) electrons. The van der Waals surface area contributed by atoms with Crippen LogP contribution < -0.4 is 5.73 Å². The molecule has 2 N–H and O–H groups in total. The van der Waals surface area contributed by atoms with Crippen LogP contribution in [0.2, 0.25) is 5.02 Å². The van der Waals surface area contributed by atoms with E-state index in [4.69, 9.17) is 17.3 Å². The Hall–Kier alpha value is -1.20. The molecule has 0 atom stereocenters. The van der Waals surface area contributed by atoms with Crippen molar-refractivity contribution >= 4 is 33.3 Å². The maximum absolute atomic E-state index is 14.0. The van der Waals surface area contributed by atoms with Crippen LogP contribution in [0, 0.1) is 11.7 Å². The number of nitrogens with two attached hydrogens (primary N) is 1. The fourth-order valence-electron chi connectivity index (χ4n) is 1.83. The minimum absolute atomic E-state index is 0.0398. The topological polar surface area (TPSA) is 51.8 Å². The summed E-state index contributed by atoms with van der Waals surface area (Å²) in [5.74, 6) is 0.412. The van der Waals surface area contributed by atoms with E-state index in [1.165, 1.54) is 6.07 Å². The van der Waals surface area contributed by atoms with Gasteiger partial charge in [-0.05, 0) is 40.4 Å². The zero-order chi connectivity index (χ0) is 14.9. The number of rotatable bonds is 3. The monoisotopic (exact) mass is 357 g/mol. The Morgan fingerprint density at radius 3 is 2.70 bits per heavy atom. The van der Waals surface area contributed by atoms with Crippen molar-refractivity contribution in [1.29, 1.82) is 0 Å². The van der Waals surface area contributed by atoms with E-state index in [-0.39, 0.29) is 16.4 Å². The Balaban J connectivity index is 2.57. The second-order valence-corrected chi connectivity index (χ2v) is 6.09. The summed E-state index contributed by atoms with van der Waals surface area (Å²) in [5.41, 5.74) is 6.89. The number of benzene rings is 1. The number of nitrogen functional groups attached to an aromatic ring is 1. The molecular formula is C14H14BrClFN3. The molecule has 0 amide bonds. The molecule has 0 bridgehead atoms. The number of hydrogen-bond acceptors (Lipinski definition) is 3. The highest BCUT2D eigenvalue weighted by Gasteiger charge is 2.16. The third kappa shape index (κ3) is 3.10. The Morgan fingerprint density at radius 2 is 2.05 bits per heavy atom. The predicted molar refractivity (Wildman–Crippen MR) is 83.1 cm³/mol. The molecule has 0 aliphatic rings. The number of anilines is 1. The van der Waals surface area contributed by atoms with E-state index in [0.29, 0.717) is 16.2 Å². The zero-order valence-electron chi connectivity index (χ0n) is 11.1. The maximum Gasteiger partial charge on any atom is 0.164 e. The van der Waals surface area contributed by atoms with Gasteiger partial charge in [0.25, 0.3) is 0 Å². The van der Waals surface area contributed by atoms with E-state index < -0.39 is 5.82 Å². The van der Waals surface area contributed by atoms with Crippen molar-refractivity contribution in [2.75, 3.05) is 5.73 Å². The Kier molecular flexibility index (Phi) is 4.60. The molecule has 0 saturated carbocycles. The van der Waals surface area contributed by atoms with Crippen LogP contribution in [0.3, 0.4) is 0 Å². The van der Waals surface area contributed by atoms with Crippen LogP contribution in [-0.2, 0) is 6.42 Å². The first-order chi connectivity index (χ1) is 9.40. The summed E-state index contributed by atoms with van der Waals surface area (Å²) in [6.07, 6.45) is 0.725. The fraction of sp³-hybridized carbons (Fsp3) is 0.286. The molecule has 1 aromatic carbocycles. The van der Waals surface area contributed by atoms with Gasteiger partial charge in [-0.25, -0.2) is 14.4 Å². The predicted octanol–water partition coefficient (Wildman–Crippen LogP) is 4.48. The number of halogens is 3. The van der Waals surface area contributed by atoms with E-state index >= 15 is 0 Å². The number of hydrogen-bond donors (Lipinski definition) is 1. The Labute approximate surface area is 130 Å². The van der Waals surface area contributed by atoms with Gasteiger partial charge in [0.05, 0.1) is 20.8 Å². The molecule has 2 rings (SSSR count). The maximum atomic E-state index is 14.0. The lowest BCUT2D eigenvalue weighted by Gasteiger charge is -2.11. The Morgan fingerprint density at radius 1 is 1.35 bits per heavy atom. The quantitative estimate of drug-likeness (QED) is 0.880. The summed E-state index contributed by atoms with van der Waals surface area (Å²) < 4.78 is 14.7. The number of aromatic nitrogens is 2. The van der Waals surface area contributed by atoms with Gasteiger partial charge in [0, 0.05) is 0 Å². The van der Waals surface area contributed by atoms with Crippen molar-refractivity contribution in [2.24, 2.45) is 5.92 Å². The van der Waals surface area contributed by atoms with Crippen molar-refractivity contribution in [3.05, 3.63) is 39.2 Å². The second-order valence-electron chi connectivity index (χ2n) is 4.89. The third-order valence-corrected chi connectivity index (χ3v) is 3.90. The fourth-order valence-corrected chi connectivity index (χ4v) is 2.35. The molecule has 2 aromatic rings. The van der Waals surface area contributed by atoms with Crippen LogP contribution in [0.25, 0.3) is 11.4 Å². The molecule has 20 heavy (non-hydrogen) atoms. The summed E-state index contributed by atoms with van der Waals surface area (Å²) in [6, 6.07) is 4.73. The van der Waals surface area contributed by atoms with Crippen LogP contribution in [0.15, 0.2) is 22.7 Å². The minimum Gasteiger partial charge on any atom is -0.383 e. The molecule has 1 heterocycles. The molecule has 1 aromatic heterocycles. The van der Waals surface area contributed by atoms with Crippen LogP contribution in [0.5, 0.6) is 0 Å². The van der Waals surface area contributed by atoms with Crippen molar-refractivity contribution in [1.82, 2.24) is 9.97 Å². The van der Waals surface area contributed by atoms with Gasteiger partial charge in [-0.15, -0.1) is 0 Å². The van der Waals surface area contributed by atoms with E-state index in [1.807, 2.05) is 0 Å². The molecule has 0 spiro atoms. The van der Waals surface area contributed by atoms with Crippen molar-refractivity contribution in [2.45, 2.75) is 20.3 Å². The third-order valence-electron chi connectivity index (χ3n) is 2.74. The summed E-state index contributed by atoms with van der Waals surface area (Å²) in [6.45, 7) is 4.15. The molecule has 0 aliphatic carbocycles. The van der Waals surface area contributed by atoms with Gasteiger partial charge < -0.3 is 5.73 Å². The lowest BCUT2D eigenvalue weighted by Crippen LogP contribution is -2.06.